The molecule has 5 heteroatoms. The van der Waals surface area contributed by atoms with Crippen LogP contribution in [-0.2, 0) is 4.74 Å². The minimum absolute atomic E-state index is 0.472. The molecule has 0 bridgehead atoms. The van der Waals surface area contributed by atoms with Crippen molar-refractivity contribution in [1.29, 1.82) is 0 Å². The van der Waals surface area contributed by atoms with E-state index in [0.29, 0.717) is 6.10 Å². The lowest BCUT2D eigenvalue weighted by Crippen LogP contribution is -2.20. The lowest BCUT2D eigenvalue weighted by atomic mass is 9.98. The predicted molar refractivity (Wildman–Crippen MR) is 71.0 cm³/mol. The summed E-state index contributed by atoms with van der Waals surface area (Å²) < 4.78 is 6.71. The van der Waals surface area contributed by atoms with Gasteiger partial charge in [0.05, 0.1) is 17.2 Å². The number of ether oxygens (including phenoxy) is 1. The second-order valence-corrected chi connectivity index (χ2v) is 5.13. The van der Waals surface area contributed by atoms with Gasteiger partial charge in [-0.25, -0.2) is 9.97 Å². The molecule has 17 heavy (non-hydrogen) atoms. The third-order valence-corrected chi connectivity index (χ3v) is 3.55. The molecule has 2 rings (SSSR count). The van der Waals surface area contributed by atoms with E-state index in [2.05, 4.69) is 31.2 Å². The number of hydrogen-bond acceptors (Lipinski definition) is 4. The summed E-state index contributed by atoms with van der Waals surface area (Å²) in [7, 11) is 0. The predicted octanol–water partition coefficient (Wildman–Crippen LogP) is 3.00. The maximum atomic E-state index is 5.82. The van der Waals surface area contributed by atoms with Crippen LogP contribution in [0.4, 0.5) is 5.82 Å². The average molecular weight is 300 g/mol. The van der Waals surface area contributed by atoms with Crippen LogP contribution in [0.15, 0.2) is 17.0 Å². The van der Waals surface area contributed by atoms with Gasteiger partial charge in [-0.2, -0.15) is 0 Å². The molecule has 0 spiro atoms. The number of rotatable bonds is 5. The minimum Gasteiger partial charge on any atom is -0.376 e. The molecule has 1 fully saturated rings. The van der Waals surface area contributed by atoms with Crippen molar-refractivity contribution in [2.45, 2.75) is 38.2 Å². The molecule has 0 radical (unpaired) electrons. The first-order valence-corrected chi connectivity index (χ1v) is 6.96. The standard InChI is InChI=1S/C12H18BrN3O/c13-11-8-14-9-16-12(11)15-6-7-17-10-4-2-1-3-5-10/h8-10H,1-7H2,(H,14,15,16). The second-order valence-electron chi connectivity index (χ2n) is 4.28. The summed E-state index contributed by atoms with van der Waals surface area (Å²) in [5.41, 5.74) is 0. The fourth-order valence-corrected chi connectivity index (χ4v) is 2.43. The SMILES string of the molecule is Brc1cncnc1NCCOC1CCCCC1. The van der Waals surface area contributed by atoms with Crippen LogP contribution in [-0.4, -0.2) is 29.2 Å². The lowest BCUT2D eigenvalue weighted by Gasteiger charge is -2.22. The zero-order valence-corrected chi connectivity index (χ0v) is 11.4. The van der Waals surface area contributed by atoms with E-state index in [1.807, 2.05) is 0 Å². The molecule has 1 saturated carbocycles. The molecule has 0 amide bonds. The van der Waals surface area contributed by atoms with Crippen LogP contribution in [0, 0.1) is 0 Å². The molecule has 0 atom stereocenters. The van der Waals surface area contributed by atoms with Gasteiger partial charge in [0.2, 0.25) is 0 Å². The van der Waals surface area contributed by atoms with Gasteiger partial charge >= 0.3 is 0 Å². The van der Waals surface area contributed by atoms with E-state index in [0.717, 1.165) is 23.4 Å². The van der Waals surface area contributed by atoms with E-state index in [-0.39, 0.29) is 0 Å². The van der Waals surface area contributed by atoms with Crippen molar-refractivity contribution in [3.63, 3.8) is 0 Å². The third kappa shape index (κ3) is 4.24. The minimum atomic E-state index is 0.472. The molecule has 0 aliphatic heterocycles. The third-order valence-electron chi connectivity index (χ3n) is 2.97. The van der Waals surface area contributed by atoms with Gasteiger partial charge in [0.25, 0.3) is 0 Å². The van der Waals surface area contributed by atoms with Crippen molar-refractivity contribution < 1.29 is 4.74 Å². The second kappa shape index (κ2) is 6.91. The van der Waals surface area contributed by atoms with Crippen molar-refractivity contribution in [2.75, 3.05) is 18.5 Å². The van der Waals surface area contributed by atoms with E-state index in [1.54, 1.807) is 6.20 Å². The summed E-state index contributed by atoms with van der Waals surface area (Å²) in [6.45, 7) is 1.52. The average Bonchev–Trinajstić information content (AvgIpc) is 2.38. The zero-order valence-electron chi connectivity index (χ0n) is 9.86. The molecule has 1 aliphatic carbocycles. The highest BCUT2D eigenvalue weighted by Crippen LogP contribution is 2.20. The number of anilines is 1. The molecule has 0 unspecified atom stereocenters. The normalized spacial score (nSPS) is 17.0. The zero-order chi connectivity index (χ0) is 11.9. The highest BCUT2D eigenvalue weighted by molar-refractivity contribution is 9.10. The molecule has 0 aromatic carbocycles. The first-order valence-electron chi connectivity index (χ1n) is 6.17. The van der Waals surface area contributed by atoms with Gasteiger partial charge in [0, 0.05) is 12.7 Å². The van der Waals surface area contributed by atoms with Crippen LogP contribution in [0.3, 0.4) is 0 Å². The Kier molecular flexibility index (Phi) is 5.19. The van der Waals surface area contributed by atoms with Gasteiger partial charge in [-0.15, -0.1) is 0 Å². The van der Waals surface area contributed by atoms with Crippen molar-refractivity contribution in [1.82, 2.24) is 9.97 Å². The molecule has 1 aromatic heterocycles. The Bertz CT molecular complexity index is 342. The molecule has 94 valence electrons. The summed E-state index contributed by atoms with van der Waals surface area (Å²) in [5.74, 6) is 0.826. The van der Waals surface area contributed by atoms with E-state index < -0.39 is 0 Å². The van der Waals surface area contributed by atoms with Gasteiger partial charge in [0.15, 0.2) is 0 Å². The number of hydrogen-bond donors (Lipinski definition) is 1. The molecule has 1 heterocycles. The maximum absolute atomic E-state index is 5.82. The fourth-order valence-electron chi connectivity index (χ4n) is 2.07. The van der Waals surface area contributed by atoms with Crippen LogP contribution in [0.25, 0.3) is 0 Å². The first-order chi connectivity index (χ1) is 8.36. The van der Waals surface area contributed by atoms with Crippen molar-refractivity contribution in [3.05, 3.63) is 17.0 Å². The molecular weight excluding hydrogens is 282 g/mol. The Morgan fingerprint density at radius 3 is 2.94 bits per heavy atom. The highest BCUT2D eigenvalue weighted by atomic mass is 79.9. The Morgan fingerprint density at radius 1 is 1.35 bits per heavy atom. The van der Waals surface area contributed by atoms with E-state index >= 15 is 0 Å². The van der Waals surface area contributed by atoms with Gasteiger partial charge in [-0.05, 0) is 28.8 Å². The Hall–Kier alpha value is -0.680. The molecule has 1 N–H and O–H groups in total. The number of nitrogens with zero attached hydrogens (tertiary/aromatic N) is 2. The summed E-state index contributed by atoms with van der Waals surface area (Å²) >= 11 is 3.40. The molecule has 1 aromatic rings. The molecule has 0 saturated heterocycles. The van der Waals surface area contributed by atoms with E-state index in [4.69, 9.17) is 4.74 Å². The summed E-state index contributed by atoms with van der Waals surface area (Å²) in [5, 5.41) is 3.23. The Balaban J connectivity index is 1.64. The largest absolute Gasteiger partial charge is 0.376 e. The van der Waals surface area contributed by atoms with Gasteiger partial charge in [-0.3, -0.25) is 0 Å². The monoisotopic (exact) mass is 299 g/mol. The van der Waals surface area contributed by atoms with Gasteiger partial charge in [0.1, 0.15) is 12.1 Å². The topological polar surface area (TPSA) is 47.0 Å². The summed E-state index contributed by atoms with van der Waals surface area (Å²) in [4.78, 5) is 8.06. The van der Waals surface area contributed by atoms with Crippen LogP contribution in [0.2, 0.25) is 0 Å². The molecule has 4 nitrogen and oxygen atoms in total. The maximum Gasteiger partial charge on any atom is 0.143 e. The fraction of sp³-hybridized carbons (Fsp3) is 0.667. The van der Waals surface area contributed by atoms with Gasteiger partial charge in [-0.1, -0.05) is 19.3 Å². The number of nitrogens with one attached hydrogen (secondary N) is 1. The van der Waals surface area contributed by atoms with Crippen LogP contribution >= 0.6 is 15.9 Å². The smallest absolute Gasteiger partial charge is 0.143 e. The summed E-state index contributed by atoms with van der Waals surface area (Å²) in [6.07, 6.45) is 10.2. The Labute approximate surface area is 110 Å². The van der Waals surface area contributed by atoms with Crippen LogP contribution < -0.4 is 5.32 Å². The van der Waals surface area contributed by atoms with Gasteiger partial charge < -0.3 is 10.1 Å². The van der Waals surface area contributed by atoms with Crippen molar-refractivity contribution >= 4 is 21.7 Å². The van der Waals surface area contributed by atoms with Crippen LogP contribution in [0.1, 0.15) is 32.1 Å². The van der Waals surface area contributed by atoms with E-state index in [9.17, 15) is 0 Å². The quantitative estimate of drug-likeness (QED) is 0.849. The number of halogens is 1. The summed E-state index contributed by atoms with van der Waals surface area (Å²) in [6, 6.07) is 0. The Morgan fingerprint density at radius 2 is 2.18 bits per heavy atom. The molecule has 1 aliphatic rings. The highest BCUT2D eigenvalue weighted by Gasteiger charge is 2.13. The van der Waals surface area contributed by atoms with E-state index in [1.165, 1.54) is 38.4 Å². The number of aromatic nitrogens is 2. The van der Waals surface area contributed by atoms with Crippen molar-refractivity contribution in [3.8, 4) is 0 Å². The molecular formula is C12H18BrN3O. The lowest BCUT2D eigenvalue weighted by molar-refractivity contribution is 0.0347. The first kappa shape index (κ1) is 12.8. The van der Waals surface area contributed by atoms with Crippen LogP contribution in [0.5, 0.6) is 0 Å². The van der Waals surface area contributed by atoms with Crippen molar-refractivity contribution in [2.24, 2.45) is 0 Å².